The molecule has 2 rings (SSSR count). The third kappa shape index (κ3) is 4.68. The predicted octanol–water partition coefficient (Wildman–Crippen LogP) is 3.91. The first kappa shape index (κ1) is 16.7. The maximum atomic E-state index is 12.3. The minimum atomic E-state index is -0.183. The maximum Gasteiger partial charge on any atom is 0.224 e. The van der Waals surface area contributed by atoms with E-state index in [0.29, 0.717) is 17.0 Å². The summed E-state index contributed by atoms with van der Waals surface area (Å²) < 4.78 is 5.11. The van der Waals surface area contributed by atoms with Crippen LogP contribution in [-0.4, -0.2) is 18.8 Å². The molecule has 0 saturated heterocycles. The fourth-order valence-electron chi connectivity index (χ4n) is 2.32. The zero-order valence-corrected chi connectivity index (χ0v) is 13.7. The van der Waals surface area contributed by atoms with Gasteiger partial charge in [0.05, 0.1) is 7.11 Å². The average molecular weight is 311 g/mol. The lowest BCUT2D eigenvalue weighted by Gasteiger charge is -2.08. The Bertz CT molecular complexity index is 722. The summed E-state index contributed by atoms with van der Waals surface area (Å²) in [5, 5.41) is 2.78. The van der Waals surface area contributed by atoms with Crippen molar-refractivity contribution in [1.29, 1.82) is 0 Å². The number of carbonyl (C=O) groups excluding carboxylic acids is 2. The molecular formula is C19H21NO3. The highest BCUT2D eigenvalue weighted by Gasteiger charge is 2.12. The van der Waals surface area contributed by atoms with Gasteiger partial charge in [-0.3, -0.25) is 9.59 Å². The van der Waals surface area contributed by atoms with E-state index in [-0.39, 0.29) is 24.5 Å². The zero-order valence-electron chi connectivity index (χ0n) is 13.7. The van der Waals surface area contributed by atoms with E-state index >= 15 is 0 Å². The highest BCUT2D eigenvalue weighted by Crippen LogP contribution is 2.18. The Labute approximate surface area is 136 Å². The molecule has 0 unspecified atom stereocenters. The van der Waals surface area contributed by atoms with Gasteiger partial charge in [-0.05, 0) is 37.6 Å². The Balaban J connectivity index is 1.93. The van der Waals surface area contributed by atoms with E-state index in [1.807, 2.05) is 32.0 Å². The van der Waals surface area contributed by atoms with Crippen molar-refractivity contribution in [2.45, 2.75) is 26.7 Å². The number of Topliss-reactive ketones (excluding diaryl/α,β-unsaturated/α-hetero) is 1. The summed E-state index contributed by atoms with van der Waals surface area (Å²) >= 11 is 0. The van der Waals surface area contributed by atoms with Crippen molar-refractivity contribution in [2.75, 3.05) is 12.4 Å². The predicted molar refractivity (Wildman–Crippen MR) is 91.1 cm³/mol. The molecular weight excluding hydrogens is 290 g/mol. The molecule has 0 atom stereocenters. The maximum absolute atomic E-state index is 12.3. The number of anilines is 1. The molecule has 0 radical (unpaired) electrons. The largest absolute Gasteiger partial charge is 0.497 e. The molecule has 0 aliphatic carbocycles. The summed E-state index contributed by atoms with van der Waals surface area (Å²) in [5.41, 5.74) is 3.33. The first-order chi connectivity index (χ1) is 11.0. The number of hydrogen-bond donors (Lipinski definition) is 1. The number of benzene rings is 2. The van der Waals surface area contributed by atoms with Gasteiger partial charge in [-0.2, -0.15) is 0 Å². The molecule has 0 aromatic heterocycles. The molecule has 0 aliphatic heterocycles. The van der Waals surface area contributed by atoms with Crippen molar-refractivity contribution in [3.8, 4) is 5.75 Å². The standard InChI is InChI=1S/C19H21NO3/c1-13-7-8-14(2)17(11-13)18(21)9-10-19(22)20-15-5-4-6-16(12-15)23-3/h4-8,11-12H,9-10H2,1-3H3,(H,20,22). The molecule has 0 heterocycles. The fraction of sp³-hybridized carbons (Fsp3) is 0.263. The van der Waals surface area contributed by atoms with Gasteiger partial charge in [-0.15, -0.1) is 0 Å². The molecule has 4 heteroatoms. The van der Waals surface area contributed by atoms with E-state index in [1.54, 1.807) is 31.4 Å². The van der Waals surface area contributed by atoms with Crippen LogP contribution < -0.4 is 10.1 Å². The number of aryl methyl sites for hydroxylation is 2. The number of rotatable bonds is 6. The van der Waals surface area contributed by atoms with E-state index in [2.05, 4.69) is 5.32 Å². The number of ketones is 1. The van der Waals surface area contributed by atoms with E-state index < -0.39 is 0 Å². The molecule has 0 bridgehead atoms. The number of carbonyl (C=O) groups is 2. The Morgan fingerprint density at radius 1 is 1.04 bits per heavy atom. The van der Waals surface area contributed by atoms with Gasteiger partial charge < -0.3 is 10.1 Å². The second kappa shape index (κ2) is 7.58. The first-order valence-electron chi connectivity index (χ1n) is 7.54. The van der Waals surface area contributed by atoms with Gasteiger partial charge in [0.2, 0.25) is 5.91 Å². The number of amides is 1. The van der Waals surface area contributed by atoms with Crippen molar-refractivity contribution >= 4 is 17.4 Å². The van der Waals surface area contributed by atoms with Crippen molar-refractivity contribution in [3.05, 3.63) is 59.2 Å². The van der Waals surface area contributed by atoms with E-state index in [4.69, 9.17) is 4.74 Å². The monoisotopic (exact) mass is 311 g/mol. The van der Waals surface area contributed by atoms with E-state index in [0.717, 1.165) is 11.1 Å². The zero-order chi connectivity index (χ0) is 16.8. The molecule has 23 heavy (non-hydrogen) atoms. The lowest BCUT2D eigenvalue weighted by molar-refractivity contribution is -0.116. The molecule has 0 aliphatic rings. The van der Waals surface area contributed by atoms with Gasteiger partial charge in [-0.25, -0.2) is 0 Å². The first-order valence-corrected chi connectivity index (χ1v) is 7.54. The van der Waals surface area contributed by atoms with Crippen LogP contribution in [0.3, 0.4) is 0 Å². The number of methoxy groups -OCH3 is 1. The van der Waals surface area contributed by atoms with Crippen molar-refractivity contribution in [1.82, 2.24) is 0 Å². The van der Waals surface area contributed by atoms with E-state index in [1.165, 1.54) is 0 Å². The second-order valence-corrected chi connectivity index (χ2v) is 5.52. The molecule has 0 fully saturated rings. The molecule has 4 nitrogen and oxygen atoms in total. The smallest absolute Gasteiger partial charge is 0.224 e. The van der Waals surface area contributed by atoms with Gasteiger partial charge in [-0.1, -0.05) is 23.8 Å². The molecule has 1 amide bonds. The molecule has 0 spiro atoms. The second-order valence-electron chi connectivity index (χ2n) is 5.52. The molecule has 0 saturated carbocycles. The lowest BCUT2D eigenvalue weighted by Crippen LogP contribution is -2.14. The third-order valence-electron chi connectivity index (χ3n) is 3.63. The van der Waals surface area contributed by atoms with Gasteiger partial charge in [0.15, 0.2) is 5.78 Å². The van der Waals surface area contributed by atoms with Crippen LogP contribution >= 0.6 is 0 Å². The average Bonchev–Trinajstić information content (AvgIpc) is 2.55. The van der Waals surface area contributed by atoms with Gasteiger partial charge in [0, 0.05) is 30.2 Å². The van der Waals surface area contributed by atoms with Crippen LogP contribution in [0.15, 0.2) is 42.5 Å². The van der Waals surface area contributed by atoms with Gasteiger partial charge in [0.25, 0.3) is 0 Å². The minimum absolute atomic E-state index is 0.00741. The third-order valence-corrected chi connectivity index (χ3v) is 3.63. The summed E-state index contributed by atoms with van der Waals surface area (Å²) in [6, 6.07) is 12.9. The molecule has 120 valence electrons. The summed E-state index contributed by atoms with van der Waals surface area (Å²) in [5.74, 6) is 0.484. The normalized spacial score (nSPS) is 10.2. The highest BCUT2D eigenvalue weighted by molar-refractivity contribution is 6.01. The Hall–Kier alpha value is -2.62. The summed E-state index contributed by atoms with van der Waals surface area (Å²) in [4.78, 5) is 24.3. The summed E-state index contributed by atoms with van der Waals surface area (Å²) in [6.07, 6.45) is 0.351. The van der Waals surface area contributed by atoms with Crippen molar-refractivity contribution in [3.63, 3.8) is 0 Å². The Morgan fingerprint density at radius 2 is 1.83 bits per heavy atom. The van der Waals surface area contributed by atoms with Crippen LogP contribution in [0.2, 0.25) is 0 Å². The summed E-state index contributed by atoms with van der Waals surface area (Å²) in [6.45, 7) is 3.86. The van der Waals surface area contributed by atoms with Crippen LogP contribution in [0.1, 0.15) is 34.3 Å². The molecule has 2 aromatic carbocycles. The number of hydrogen-bond acceptors (Lipinski definition) is 3. The van der Waals surface area contributed by atoms with Crippen LogP contribution in [-0.2, 0) is 4.79 Å². The SMILES string of the molecule is COc1cccc(NC(=O)CCC(=O)c2cc(C)ccc2C)c1. The number of ether oxygens (including phenoxy) is 1. The fourth-order valence-corrected chi connectivity index (χ4v) is 2.32. The van der Waals surface area contributed by atoms with Crippen molar-refractivity contribution < 1.29 is 14.3 Å². The quantitative estimate of drug-likeness (QED) is 0.823. The van der Waals surface area contributed by atoms with E-state index in [9.17, 15) is 9.59 Å². The molecule has 1 N–H and O–H groups in total. The summed E-state index contributed by atoms with van der Waals surface area (Å²) in [7, 11) is 1.57. The van der Waals surface area contributed by atoms with Crippen LogP contribution in [0.25, 0.3) is 0 Å². The topological polar surface area (TPSA) is 55.4 Å². The van der Waals surface area contributed by atoms with Gasteiger partial charge >= 0.3 is 0 Å². The van der Waals surface area contributed by atoms with Crippen LogP contribution in [0.4, 0.5) is 5.69 Å². The Kier molecular flexibility index (Phi) is 5.52. The van der Waals surface area contributed by atoms with Gasteiger partial charge in [0.1, 0.15) is 5.75 Å². The number of nitrogens with one attached hydrogen (secondary N) is 1. The molecule has 2 aromatic rings. The minimum Gasteiger partial charge on any atom is -0.497 e. The van der Waals surface area contributed by atoms with Crippen LogP contribution in [0, 0.1) is 13.8 Å². The Morgan fingerprint density at radius 3 is 2.57 bits per heavy atom. The van der Waals surface area contributed by atoms with Crippen molar-refractivity contribution in [2.24, 2.45) is 0 Å². The highest BCUT2D eigenvalue weighted by atomic mass is 16.5. The lowest BCUT2D eigenvalue weighted by atomic mass is 9.99. The van der Waals surface area contributed by atoms with Crippen LogP contribution in [0.5, 0.6) is 5.75 Å².